The summed E-state index contributed by atoms with van der Waals surface area (Å²) in [5, 5.41) is 0. The van der Waals surface area contributed by atoms with Gasteiger partial charge < -0.3 is 4.57 Å². The Morgan fingerprint density at radius 1 is 1.09 bits per heavy atom. The molecule has 1 aromatic heterocycles. The van der Waals surface area contributed by atoms with Gasteiger partial charge in [-0.1, -0.05) is 18.2 Å². The standard InChI is InChI=1S/C17H24N4OS/c1-19-8-7-18-17(19)15-21-11-9-20(10-12-21)13-14-23(22)16-5-3-2-4-6-16/h2-8H,9-15H2,1H3/t23-/m1/s1. The van der Waals surface area contributed by atoms with Crippen LogP contribution in [-0.4, -0.2) is 62.0 Å². The summed E-state index contributed by atoms with van der Waals surface area (Å²) in [7, 11) is 1.15. The fourth-order valence-corrected chi connectivity index (χ4v) is 3.94. The largest absolute Gasteiger partial charge is 0.337 e. The molecule has 0 amide bonds. The van der Waals surface area contributed by atoms with Crippen molar-refractivity contribution in [1.82, 2.24) is 19.4 Å². The molecule has 0 radical (unpaired) electrons. The maximum absolute atomic E-state index is 12.3. The van der Waals surface area contributed by atoms with E-state index in [1.165, 1.54) is 0 Å². The van der Waals surface area contributed by atoms with Gasteiger partial charge in [0.1, 0.15) is 5.82 Å². The lowest BCUT2D eigenvalue weighted by Crippen LogP contribution is -2.47. The lowest BCUT2D eigenvalue weighted by Gasteiger charge is -2.34. The van der Waals surface area contributed by atoms with Crippen LogP contribution in [0.2, 0.25) is 0 Å². The molecule has 3 rings (SSSR count). The van der Waals surface area contributed by atoms with Gasteiger partial charge >= 0.3 is 0 Å². The van der Waals surface area contributed by atoms with Crippen LogP contribution in [0.3, 0.4) is 0 Å². The summed E-state index contributed by atoms with van der Waals surface area (Å²) in [5.74, 6) is 1.83. The maximum atomic E-state index is 12.3. The van der Waals surface area contributed by atoms with Gasteiger partial charge in [0.25, 0.3) is 0 Å². The van der Waals surface area contributed by atoms with Crippen LogP contribution in [0.15, 0.2) is 47.6 Å². The van der Waals surface area contributed by atoms with E-state index in [-0.39, 0.29) is 0 Å². The Balaban J connectivity index is 1.41. The minimum atomic E-state index is -0.892. The first kappa shape index (κ1) is 16.4. The summed E-state index contributed by atoms with van der Waals surface area (Å²) >= 11 is 0. The molecule has 1 saturated heterocycles. The van der Waals surface area contributed by atoms with Crippen LogP contribution in [0.4, 0.5) is 0 Å². The van der Waals surface area contributed by atoms with Gasteiger partial charge in [0, 0.05) is 62.8 Å². The van der Waals surface area contributed by atoms with Crippen LogP contribution in [0.25, 0.3) is 0 Å². The van der Waals surface area contributed by atoms with Crippen molar-refractivity contribution in [2.75, 3.05) is 38.5 Å². The molecule has 0 saturated carbocycles. The molecule has 1 aromatic carbocycles. The minimum Gasteiger partial charge on any atom is -0.337 e. The van der Waals surface area contributed by atoms with Gasteiger partial charge in [-0.05, 0) is 12.1 Å². The molecule has 0 aliphatic carbocycles. The topological polar surface area (TPSA) is 41.4 Å². The van der Waals surface area contributed by atoms with Gasteiger partial charge in [0.2, 0.25) is 0 Å². The molecule has 2 aromatic rings. The summed E-state index contributed by atoms with van der Waals surface area (Å²) in [6.45, 7) is 5.98. The van der Waals surface area contributed by atoms with Crippen molar-refractivity contribution in [3.8, 4) is 0 Å². The number of benzene rings is 1. The molecule has 0 N–H and O–H groups in total. The Morgan fingerprint density at radius 2 is 1.78 bits per heavy atom. The highest BCUT2D eigenvalue weighted by Gasteiger charge is 2.18. The first-order valence-corrected chi connectivity index (χ1v) is 9.38. The van der Waals surface area contributed by atoms with E-state index < -0.39 is 10.8 Å². The average Bonchev–Trinajstić information content (AvgIpc) is 2.99. The van der Waals surface area contributed by atoms with Gasteiger partial charge in [-0.2, -0.15) is 0 Å². The third-order valence-corrected chi connectivity index (χ3v) is 5.70. The lowest BCUT2D eigenvalue weighted by atomic mass is 10.3. The second-order valence-electron chi connectivity index (χ2n) is 5.93. The zero-order chi connectivity index (χ0) is 16.1. The fourth-order valence-electron chi connectivity index (χ4n) is 2.82. The van der Waals surface area contributed by atoms with Crippen LogP contribution in [0.5, 0.6) is 0 Å². The van der Waals surface area contributed by atoms with Crippen molar-refractivity contribution in [1.29, 1.82) is 0 Å². The number of hydrogen-bond donors (Lipinski definition) is 0. The number of piperazine rings is 1. The first-order valence-electron chi connectivity index (χ1n) is 8.07. The number of aromatic nitrogens is 2. The van der Waals surface area contributed by atoms with Crippen molar-refractivity contribution in [3.05, 3.63) is 48.5 Å². The molecule has 0 bridgehead atoms. The zero-order valence-electron chi connectivity index (χ0n) is 13.6. The molecule has 23 heavy (non-hydrogen) atoms. The molecule has 0 unspecified atom stereocenters. The highest BCUT2D eigenvalue weighted by atomic mass is 32.2. The Kier molecular flexibility index (Phi) is 5.59. The third-order valence-electron chi connectivity index (χ3n) is 4.35. The smallest absolute Gasteiger partial charge is 0.122 e. The predicted molar refractivity (Wildman–Crippen MR) is 92.6 cm³/mol. The summed E-state index contributed by atoms with van der Waals surface area (Å²) in [6.07, 6.45) is 3.84. The van der Waals surface area contributed by atoms with E-state index in [1.807, 2.05) is 49.8 Å². The molecule has 1 atom stereocenters. The minimum absolute atomic E-state index is 0.712. The van der Waals surface area contributed by atoms with E-state index in [0.717, 1.165) is 50.0 Å². The van der Waals surface area contributed by atoms with Gasteiger partial charge in [-0.3, -0.25) is 14.0 Å². The van der Waals surface area contributed by atoms with E-state index in [1.54, 1.807) is 0 Å². The Morgan fingerprint density at radius 3 is 2.43 bits per heavy atom. The van der Waals surface area contributed by atoms with Gasteiger partial charge in [-0.25, -0.2) is 4.98 Å². The SMILES string of the molecule is Cn1ccnc1CN1CCN(CC[S@@](=O)c2ccccc2)CC1. The quantitative estimate of drug-likeness (QED) is 0.801. The van der Waals surface area contributed by atoms with Crippen LogP contribution in [0, 0.1) is 0 Å². The molecule has 1 fully saturated rings. The molecular formula is C17H24N4OS. The highest BCUT2D eigenvalue weighted by Crippen LogP contribution is 2.09. The molecule has 2 heterocycles. The van der Waals surface area contributed by atoms with E-state index in [0.29, 0.717) is 5.75 Å². The second kappa shape index (κ2) is 7.86. The molecule has 1 aliphatic heterocycles. The third kappa shape index (κ3) is 4.50. The molecule has 1 aliphatic rings. The molecule has 124 valence electrons. The summed E-state index contributed by atoms with van der Waals surface area (Å²) in [6, 6.07) is 9.75. The van der Waals surface area contributed by atoms with E-state index >= 15 is 0 Å². The molecule has 6 heteroatoms. The van der Waals surface area contributed by atoms with E-state index in [2.05, 4.69) is 19.4 Å². The van der Waals surface area contributed by atoms with Crippen LogP contribution in [-0.2, 0) is 24.4 Å². The maximum Gasteiger partial charge on any atom is 0.122 e. The molecule has 0 spiro atoms. The van der Waals surface area contributed by atoms with Crippen LogP contribution in [0.1, 0.15) is 5.82 Å². The monoisotopic (exact) mass is 332 g/mol. The van der Waals surface area contributed by atoms with Crippen LogP contribution < -0.4 is 0 Å². The number of aryl methyl sites for hydroxylation is 1. The summed E-state index contributed by atoms with van der Waals surface area (Å²) in [5.41, 5.74) is 0. The molecular weight excluding hydrogens is 308 g/mol. The Labute approximate surface area is 140 Å². The van der Waals surface area contributed by atoms with E-state index in [9.17, 15) is 4.21 Å². The predicted octanol–water partition coefficient (Wildman–Crippen LogP) is 1.35. The normalized spacial score (nSPS) is 18.1. The number of hydrogen-bond acceptors (Lipinski definition) is 4. The Hall–Kier alpha value is -1.50. The fraction of sp³-hybridized carbons (Fsp3) is 0.471. The van der Waals surface area contributed by atoms with Crippen LogP contribution >= 0.6 is 0 Å². The van der Waals surface area contributed by atoms with Crippen molar-refractivity contribution in [3.63, 3.8) is 0 Å². The van der Waals surface area contributed by atoms with Gasteiger partial charge in [0.15, 0.2) is 0 Å². The highest BCUT2D eigenvalue weighted by molar-refractivity contribution is 7.85. The Bertz CT molecular complexity index is 635. The molecule has 5 nitrogen and oxygen atoms in total. The van der Waals surface area contributed by atoms with Crippen molar-refractivity contribution in [2.24, 2.45) is 7.05 Å². The summed E-state index contributed by atoms with van der Waals surface area (Å²) in [4.78, 5) is 10.2. The van der Waals surface area contributed by atoms with E-state index in [4.69, 9.17) is 0 Å². The number of imidazole rings is 1. The summed E-state index contributed by atoms with van der Waals surface area (Å²) < 4.78 is 14.3. The first-order chi connectivity index (χ1) is 11.2. The van der Waals surface area contributed by atoms with Gasteiger partial charge in [-0.15, -0.1) is 0 Å². The van der Waals surface area contributed by atoms with Crippen molar-refractivity contribution in [2.45, 2.75) is 11.4 Å². The zero-order valence-corrected chi connectivity index (χ0v) is 14.4. The second-order valence-corrected chi connectivity index (χ2v) is 7.51. The van der Waals surface area contributed by atoms with Crippen molar-refractivity contribution < 1.29 is 4.21 Å². The lowest BCUT2D eigenvalue weighted by molar-refractivity contribution is 0.129. The van der Waals surface area contributed by atoms with Crippen molar-refractivity contribution >= 4 is 10.8 Å². The number of rotatable bonds is 6. The number of nitrogens with zero attached hydrogens (tertiary/aromatic N) is 4. The van der Waals surface area contributed by atoms with Gasteiger partial charge in [0.05, 0.1) is 17.3 Å². The average molecular weight is 332 g/mol.